The number of para-hydroxylation sites is 2. The molecule has 220 valence electrons. The molecule has 3 amide bonds. The first-order chi connectivity index (χ1) is 20.4. The van der Waals surface area contributed by atoms with Crippen molar-refractivity contribution in [2.75, 3.05) is 36.0 Å². The maximum atomic E-state index is 14.6. The van der Waals surface area contributed by atoms with Crippen molar-refractivity contribution in [1.82, 2.24) is 4.90 Å². The number of aliphatic hydroxyl groups is 1. The number of aliphatic hydroxyl groups excluding tert-OH is 1. The first-order valence-electron chi connectivity index (χ1n) is 14.8. The number of benzene rings is 2. The number of fused-ring (bicyclic) bond motifs is 2. The molecular formula is C33H36ClN3O5. The summed E-state index contributed by atoms with van der Waals surface area (Å²) in [7, 11) is 0. The number of hydrogen-bond donors (Lipinski definition) is 1. The largest absolute Gasteiger partial charge is 0.396 e. The van der Waals surface area contributed by atoms with Crippen LogP contribution in [0, 0.1) is 18.8 Å². The Hall–Kier alpha value is -3.46. The molecule has 6 rings (SSSR count). The molecule has 42 heavy (non-hydrogen) atoms. The second kappa shape index (κ2) is 11.7. The predicted molar refractivity (Wildman–Crippen MR) is 161 cm³/mol. The van der Waals surface area contributed by atoms with E-state index in [-0.39, 0.29) is 30.9 Å². The molecule has 2 saturated heterocycles. The Balaban J connectivity index is 1.41. The molecule has 0 radical (unpaired) electrons. The Kier molecular flexibility index (Phi) is 7.96. The number of nitrogens with zero attached hydrogens (tertiary/aromatic N) is 3. The Labute approximate surface area is 251 Å². The second-order valence-corrected chi connectivity index (χ2v) is 11.9. The quantitative estimate of drug-likeness (QED) is 0.367. The minimum Gasteiger partial charge on any atom is -0.396 e. The zero-order chi connectivity index (χ0) is 29.4. The van der Waals surface area contributed by atoms with Gasteiger partial charge in [-0.1, -0.05) is 79.1 Å². The van der Waals surface area contributed by atoms with Crippen molar-refractivity contribution in [1.29, 1.82) is 0 Å². The second-order valence-electron chi connectivity index (χ2n) is 11.5. The van der Waals surface area contributed by atoms with E-state index in [0.29, 0.717) is 36.6 Å². The van der Waals surface area contributed by atoms with Crippen molar-refractivity contribution in [3.8, 4) is 0 Å². The molecule has 0 aromatic heterocycles. The van der Waals surface area contributed by atoms with Crippen molar-refractivity contribution in [3.05, 3.63) is 83.4 Å². The van der Waals surface area contributed by atoms with Crippen molar-refractivity contribution in [3.63, 3.8) is 0 Å². The highest BCUT2D eigenvalue weighted by Crippen LogP contribution is 2.54. The lowest BCUT2D eigenvalue weighted by Crippen LogP contribution is -2.55. The van der Waals surface area contributed by atoms with Gasteiger partial charge in [-0.05, 0) is 43.5 Å². The summed E-state index contributed by atoms with van der Waals surface area (Å²) < 4.78 is 6.76. The van der Waals surface area contributed by atoms with E-state index in [0.717, 1.165) is 24.1 Å². The molecule has 2 aromatic rings. The van der Waals surface area contributed by atoms with E-state index < -0.39 is 29.6 Å². The third-order valence-corrected chi connectivity index (χ3v) is 9.30. The zero-order valence-corrected chi connectivity index (χ0v) is 24.5. The third kappa shape index (κ3) is 4.66. The number of aryl methyl sites for hydroxylation is 1. The summed E-state index contributed by atoms with van der Waals surface area (Å²) in [6.07, 6.45) is 9.88. The van der Waals surface area contributed by atoms with Crippen LogP contribution in [0.5, 0.6) is 0 Å². The van der Waals surface area contributed by atoms with Crippen LogP contribution in [0.2, 0.25) is 5.02 Å². The number of anilines is 2. The highest BCUT2D eigenvalue weighted by molar-refractivity contribution is 6.34. The number of ether oxygens (including phenoxy) is 1. The number of halogens is 1. The molecule has 1 spiro atoms. The van der Waals surface area contributed by atoms with E-state index in [1.165, 1.54) is 0 Å². The van der Waals surface area contributed by atoms with Crippen molar-refractivity contribution in [2.24, 2.45) is 11.8 Å². The van der Waals surface area contributed by atoms with Gasteiger partial charge in [0.05, 0.1) is 28.6 Å². The molecule has 1 N–H and O–H groups in total. The van der Waals surface area contributed by atoms with E-state index in [1.807, 2.05) is 73.7 Å². The van der Waals surface area contributed by atoms with Gasteiger partial charge in [0.2, 0.25) is 11.8 Å². The topological polar surface area (TPSA) is 90.4 Å². The SMILES string of the molecule is Cc1cccc(Cl)c1N1CC=C[C@]23O[C@@H]4C=CCN(c5ccccc5)C(=O)[C@@H]4[C@H]2C(=O)N(CCCCCCO)C3C1=O. The highest BCUT2D eigenvalue weighted by Gasteiger charge is 2.71. The van der Waals surface area contributed by atoms with Gasteiger partial charge in [-0.15, -0.1) is 0 Å². The van der Waals surface area contributed by atoms with Gasteiger partial charge < -0.3 is 24.5 Å². The fourth-order valence-corrected chi connectivity index (χ4v) is 7.45. The number of carbonyl (C=O) groups is 3. The Morgan fingerprint density at radius 2 is 1.67 bits per heavy atom. The van der Waals surface area contributed by atoms with Crippen LogP contribution in [-0.2, 0) is 19.1 Å². The van der Waals surface area contributed by atoms with E-state index in [2.05, 4.69) is 0 Å². The first kappa shape index (κ1) is 28.6. The van der Waals surface area contributed by atoms with Crippen LogP contribution < -0.4 is 9.80 Å². The maximum absolute atomic E-state index is 14.6. The zero-order valence-electron chi connectivity index (χ0n) is 23.7. The van der Waals surface area contributed by atoms with E-state index in [9.17, 15) is 19.5 Å². The Morgan fingerprint density at radius 3 is 2.43 bits per heavy atom. The van der Waals surface area contributed by atoms with Gasteiger partial charge in [0.15, 0.2) is 0 Å². The van der Waals surface area contributed by atoms with Crippen molar-refractivity contribution in [2.45, 2.75) is 50.4 Å². The number of hydrogen-bond acceptors (Lipinski definition) is 5. The highest BCUT2D eigenvalue weighted by atomic mass is 35.5. The minimum absolute atomic E-state index is 0.121. The summed E-state index contributed by atoms with van der Waals surface area (Å²) >= 11 is 6.63. The van der Waals surface area contributed by atoms with Gasteiger partial charge >= 0.3 is 0 Å². The monoisotopic (exact) mass is 589 g/mol. The van der Waals surface area contributed by atoms with Crippen molar-refractivity contribution < 1.29 is 24.2 Å². The average molecular weight is 590 g/mol. The summed E-state index contributed by atoms with van der Waals surface area (Å²) in [5.74, 6) is -2.31. The Morgan fingerprint density at radius 1 is 0.905 bits per heavy atom. The van der Waals surface area contributed by atoms with Gasteiger partial charge in [0.1, 0.15) is 11.6 Å². The molecule has 0 saturated carbocycles. The van der Waals surface area contributed by atoms with Crippen LogP contribution in [0.15, 0.2) is 72.8 Å². The maximum Gasteiger partial charge on any atom is 0.253 e. The lowest BCUT2D eigenvalue weighted by Gasteiger charge is -2.36. The number of rotatable bonds is 8. The number of unbranched alkanes of at least 4 members (excludes halogenated alkanes) is 3. The number of likely N-dealkylation sites (tertiary alicyclic amines) is 1. The van der Waals surface area contributed by atoms with E-state index >= 15 is 0 Å². The molecule has 4 heterocycles. The Bertz CT molecular complexity index is 1410. The molecule has 4 aliphatic rings. The van der Waals surface area contributed by atoms with Crippen molar-refractivity contribution >= 4 is 40.7 Å². The van der Waals surface area contributed by atoms with Gasteiger partial charge in [0, 0.05) is 31.9 Å². The van der Waals surface area contributed by atoms with Crippen LogP contribution in [0.3, 0.4) is 0 Å². The van der Waals surface area contributed by atoms with Crippen LogP contribution in [0.4, 0.5) is 11.4 Å². The number of carbonyl (C=O) groups excluding carboxylic acids is 3. The van der Waals surface area contributed by atoms with Crippen LogP contribution >= 0.6 is 11.6 Å². The van der Waals surface area contributed by atoms with Gasteiger partial charge in [-0.2, -0.15) is 0 Å². The smallest absolute Gasteiger partial charge is 0.253 e. The third-order valence-electron chi connectivity index (χ3n) is 8.99. The molecule has 8 nitrogen and oxygen atoms in total. The fraction of sp³-hybridized carbons (Fsp3) is 0.424. The summed E-state index contributed by atoms with van der Waals surface area (Å²) in [6.45, 7) is 3.03. The van der Waals surface area contributed by atoms with E-state index in [1.54, 1.807) is 20.8 Å². The molecule has 0 aliphatic carbocycles. The van der Waals surface area contributed by atoms with Gasteiger partial charge in [-0.25, -0.2) is 0 Å². The van der Waals surface area contributed by atoms with E-state index in [4.69, 9.17) is 16.3 Å². The summed E-state index contributed by atoms with van der Waals surface area (Å²) in [5, 5.41) is 9.66. The molecule has 9 heteroatoms. The predicted octanol–water partition coefficient (Wildman–Crippen LogP) is 4.29. The molecule has 1 unspecified atom stereocenters. The molecule has 5 atom stereocenters. The van der Waals surface area contributed by atoms with Crippen LogP contribution in [-0.4, -0.2) is 71.7 Å². The molecule has 4 aliphatic heterocycles. The first-order valence-corrected chi connectivity index (χ1v) is 15.1. The lowest BCUT2D eigenvalue weighted by atomic mass is 9.77. The molecule has 2 aromatic carbocycles. The number of amides is 3. The standard InChI is InChI=1S/C33H36ClN3O5/c1-22-12-9-15-24(34)28(22)36-20-11-17-33-27(31(40)37(29(33)32(36)41)18-7-2-3-8-21-38)26-25(42-33)16-10-19-35(30(26)39)23-13-5-4-6-14-23/h4-6,9-17,25-27,29,38H,2-3,7-8,18-21H2,1H3/t25-,26+,27+,29?,33+/m1/s1. The molecule has 2 fully saturated rings. The van der Waals surface area contributed by atoms with Gasteiger partial charge in [-0.3, -0.25) is 14.4 Å². The summed E-state index contributed by atoms with van der Waals surface area (Å²) in [6, 6.07) is 14.0. The van der Waals surface area contributed by atoms with Crippen LogP contribution in [0.1, 0.15) is 31.2 Å². The molecular weight excluding hydrogens is 554 g/mol. The average Bonchev–Trinajstić information content (AvgIpc) is 3.29. The summed E-state index contributed by atoms with van der Waals surface area (Å²) in [5.41, 5.74) is 0.927. The fourth-order valence-electron chi connectivity index (χ4n) is 7.13. The summed E-state index contributed by atoms with van der Waals surface area (Å²) in [4.78, 5) is 48.3. The lowest BCUT2D eigenvalue weighted by molar-refractivity contribution is -0.140. The van der Waals surface area contributed by atoms with Crippen LogP contribution in [0.25, 0.3) is 0 Å². The molecule has 0 bridgehead atoms. The van der Waals surface area contributed by atoms with Gasteiger partial charge in [0.25, 0.3) is 5.91 Å². The minimum atomic E-state index is -1.29. The normalized spacial score (nSPS) is 28.5.